The van der Waals surface area contributed by atoms with E-state index >= 15 is 0 Å². The topological polar surface area (TPSA) is 17.1 Å². The van der Waals surface area contributed by atoms with E-state index in [1.807, 2.05) is 0 Å². The third-order valence-corrected chi connectivity index (χ3v) is 10.2. The molecular weight excluding hydrogens is 400 g/mol. The zero-order chi connectivity index (χ0) is 23.4. The quantitative estimate of drug-likeness (QED) is 0.210. The van der Waals surface area contributed by atoms with Crippen LogP contribution in [-0.4, -0.2) is 5.78 Å². The van der Waals surface area contributed by atoms with Crippen molar-refractivity contribution in [2.45, 2.75) is 174 Å². The van der Waals surface area contributed by atoms with Gasteiger partial charge in [0.25, 0.3) is 0 Å². The third kappa shape index (κ3) is 7.83. The van der Waals surface area contributed by atoms with Crippen molar-refractivity contribution in [1.29, 1.82) is 0 Å². The van der Waals surface area contributed by atoms with Crippen LogP contribution in [-0.2, 0) is 4.79 Å². The fraction of sp³-hybridized carbons (Fsp3) is 0.969. The maximum Gasteiger partial charge on any atom is 0.145 e. The zero-order valence-corrected chi connectivity index (χ0v) is 22.7. The molecule has 192 valence electrons. The van der Waals surface area contributed by atoms with Crippen LogP contribution in [0.1, 0.15) is 174 Å². The first-order valence-corrected chi connectivity index (χ1v) is 15.7. The lowest BCUT2D eigenvalue weighted by Gasteiger charge is -2.59. The maximum absolute atomic E-state index is 13.5. The van der Waals surface area contributed by atoms with Crippen LogP contribution in [0.4, 0.5) is 0 Å². The van der Waals surface area contributed by atoms with E-state index in [-0.39, 0.29) is 10.8 Å². The molecule has 1 nitrogen and oxygen atoms in total. The molecule has 0 saturated heterocycles. The largest absolute Gasteiger partial charge is 0.298 e. The summed E-state index contributed by atoms with van der Waals surface area (Å²) in [6, 6.07) is 0. The van der Waals surface area contributed by atoms with E-state index in [2.05, 4.69) is 13.8 Å². The van der Waals surface area contributed by atoms with Gasteiger partial charge in [0.2, 0.25) is 0 Å². The van der Waals surface area contributed by atoms with Gasteiger partial charge in [-0.2, -0.15) is 0 Å². The van der Waals surface area contributed by atoms with Crippen molar-refractivity contribution in [2.24, 2.45) is 22.7 Å². The predicted molar refractivity (Wildman–Crippen MR) is 144 cm³/mol. The zero-order valence-electron chi connectivity index (χ0n) is 22.7. The van der Waals surface area contributed by atoms with Gasteiger partial charge in [-0.15, -0.1) is 0 Å². The van der Waals surface area contributed by atoms with Crippen LogP contribution < -0.4 is 0 Å². The Hall–Kier alpha value is -0.330. The summed E-state index contributed by atoms with van der Waals surface area (Å²) in [6.07, 6.45) is 34.4. The van der Waals surface area contributed by atoms with Gasteiger partial charge in [0.05, 0.1) is 0 Å². The second-order valence-electron chi connectivity index (χ2n) is 12.8. The molecule has 0 N–H and O–H groups in total. The van der Waals surface area contributed by atoms with E-state index in [1.165, 1.54) is 161 Å². The van der Waals surface area contributed by atoms with Crippen molar-refractivity contribution < 1.29 is 4.79 Å². The van der Waals surface area contributed by atoms with Crippen molar-refractivity contribution in [3.63, 3.8) is 0 Å². The standard InChI is InChI=1S/C32H58O/c1-3-5-7-9-11-13-15-17-28-19-23-31(24-20-28)27-32(30(31)33)25-21-29(22-26-32)18-16-14-12-10-8-6-4-2/h28-29H,3-27H2,1-2H3. The molecule has 3 aliphatic rings. The summed E-state index contributed by atoms with van der Waals surface area (Å²) in [4.78, 5) is 13.5. The molecule has 0 aromatic carbocycles. The molecule has 0 aliphatic heterocycles. The number of hydrogen-bond acceptors (Lipinski definition) is 1. The first-order valence-electron chi connectivity index (χ1n) is 15.7. The molecule has 0 unspecified atom stereocenters. The highest BCUT2D eigenvalue weighted by Crippen LogP contribution is 2.64. The molecule has 0 amide bonds. The van der Waals surface area contributed by atoms with E-state index in [1.54, 1.807) is 0 Å². The number of rotatable bonds is 16. The average molecular weight is 459 g/mol. The molecule has 2 spiro atoms. The Morgan fingerprint density at radius 1 is 0.545 bits per heavy atom. The third-order valence-electron chi connectivity index (χ3n) is 10.2. The summed E-state index contributed by atoms with van der Waals surface area (Å²) in [6.45, 7) is 4.60. The Balaban J connectivity index is 1.25. The minimum Gasteiger partial charge on any atom is -0.298 e. The highest BCUT2D eigenvalue weighted by atomic mass is 16.1. The number of carbonyl (C=O) groups excluding carboxylic acids is 1. The molecular formula is C32H58O. The number of ketones is 1. The lowest BCUT2D eigenvalue weighted by molar-refractivity contribution is -0.169. The summed E-state index contributed by atoms with van der Waals surface area (Å²) in [5.41, 5.74) is 0.282. The lowest BCUT2D eigenvalue weighted by Crippen LogP contribution is -2.59. The monoisotopic (exact) mass is 458 g/mol. The Morgan fingerprint density at radius 2 is 0.879 bits per heavy atom. The summed E-state index contributed by atoms with van der Waals surface area (Å²) in [5, 5.41) is 0. The van der Waals surface area contributed by atoms with E-state index in [9.17, 15) is 4.79 Å². The van der Waals surface area contributed by atoms with Crippen LogP contribution in [0.15, 0.2) is 0 Å². The highest BCUT2D eigenvalue weighted by molar-refractivity contribution is 5.96. The van der Waals surface area contributed by atoms with Gasteiger partial charge in [0, 0.05) is 10.8 Å². The van der Waals surface area contributed by atoms with Crippen LogP contribution in [0.2, 0.25) is 0 Å². The van der Waals surface area contributed by atoms with Crippen molar-refractivity contribution >= 4 is 5.78 Å². The molecule has 0 aromatic heterocycles. The van der Waals surface area contributed by atoms with Gasteiger partial charge < -0.3 is 0 Å². The molecule has 0 atom stereocenters. The fourth-order valence-corrected chi connectivity index (χ4v) is 7.89. The molecule has 1 heteroatoms. The van der Waals surface area contributed by atoms with E-state index in [4.69, 9.17) is 0 Å². The van der Waals surface area contributed by atoms with Crippen molar-refractivity contribution in [2.75, 3.05) is 0 Å². The number of Topliss-reactive ketones (excluding diaryl/α,β-unsaturated/α-hetero) is 1. The van der Waals surface area contributed by atoms with Crippen molar-refractivity contribution in [1.82, 2.24) is 0 Å². The minimum atomic E-state index is 0.141. The van der Waals surface area contributed by atoms with Crippen LogP contribution in [0.5, 0.6) is 0 Å². The number of unbranched alkanes of at least 4 members (excludes halogenated alkanes) is 12. The van der Waals surface area contributed by atoms with Gasteiger partial charge in [0.15, 0.2) is 0 Å². The van der Waals surface area contributed by atoms with Gasteiger partial charge in [-0.05, 0) is 69.6 Å². The van der Waals surface area contributed by atoms with Crippen LogP contribution >= 0.6 is 0 Å². The highest BCUT2D eigenvalue weighted by Gasteiger charge is 2.62. The van der Waals surface area contributed by atoms with E-state index in [0.717, 1.165) is 17.6 Å². The molecule has 0 aromatic rings. The van der Waals surface area contributed by atoms with Crippen molar-refractivity contribution in [3.05, 3.63) is 0 Å². The average Bonchev–Trinajstić information content (AvgIpc) is 2.84. The van der Waals surface area contributed by atoms with Gasteiger partial charge in [-0.1, -0.05) is 117 Å². The summed E-state index contributed by atoms with van der Waals surface area (Å²) in [5.74, 6) is 2.58. The maximum atomic E-state index is 13.5. The molecule has 3 aliphatic carbocycles. The van der Waals surface area contributed by atoms with E-state index in [0.29, 0.717) is 0 Å². The SMILES string of the molecule is CCCCCCCCCC1CCC2(CC1)CC1(CCC(CCCCCCCCC)CC1)C2=O. The lowest BCUT2D eigenvalue weighted by atomic mass is 9.43. The summed E-state index contributed by atoms with van der Waals surface area (Å²) >= 11 is 0. The van der Waals surface area contributed by atoms with Crippen LogP contribution in [0.3, 0.4) is 0 Å². The first-order chi connectivity index (χ1) is 16.1. The molecule has 3 saturated carbocycles. The van der Waals surface area contributed by atoms with Gasteiger partial charge in [-0.25, -0.2) is 0 Å². The summed E-state index contributed by atoms with van der Waals surface area (Å²) < 4.78 is 0. The second-order valence-corrected chi connectivity index (χ2v) is 12.8. The predicted octanol–water partition coefficient (Wildman–Crippen LogP) is 10.6. The van der Waals surface area contributed by atoms with Crippen molar-refractivity contribution in [3.8, 4) is 0 Å². The van der Waals surface area contributed by atoms with Crippen LogP contribution in [0.25, 0.3) is 0 Å². The number of hydrogen-bond donors (Lipinski definition) is 0. The minimum absolute atomic E-state index is 0.141. The first kappa shape index (κ1) is 27.3. The Morgan fingerprint density at radius 3 is 1.21 bits per heavy atom. The molecule has 3 rings (SSSR count). The molecule has 33 heavy (non-hydrogen) atoms. The van der Waals surface area contributed by atoms with Gasteiger partial charge in [-0.3, -0.25) is 4.79 Å². The van der Waals surface area contributed by atoms with Gasteiger partial charge >= 0.3 is 0 Å². The fourth-order valence-electron chi connectivity index (χ4n) is 7.89. The smallest absolute Gasteiger partial charge is 0.145 e. The Kier molecular flexibility index (Phi) is 11.8. The molecule has 0 bridgehead atoms. The Labute approximate surface area is 207 Å². The molecule has 3 fully saturated rings. The molecule has 0 radical (unpaired) electrons. The second kappa shape index (κ2) is 14.3. The van der Waals surface area contributed by atoms with Crippen LogP contribution in [0, 0.1) is 22.7 Å². The summed E-state index contributed by atoms with van der Waals surface area (Å²) in [7, 11) is 0. The Bertz CT molecular complexity index is 487. The van der Waals surface area contributed by atoms with Gasteiger partial charge in [0.1, 0.15) is 5.78 Å². The normalized spacial score (nSPS) is 31.9. The van der Waals surface area contributed by atoms with E-state index < -0.39 is 0 Å². The molecule has 0 heterocycles. The number of carbonyl (C=O) groups is 1.